The number of fused-ring (bicyclic) bond motifs is 1. The molecule has 0 amide bonds. The van der Waals surface area contributed by atoms with E-state index in [1.807, 2.05) is 28.8 Å². The number of pyridine rings is 1. The topological polar surface area (TPSA) is 43.6 Å². The Kier molecular flexibility index (Phi) is 2.90. The first kappa shape index (κ1) is 10.4. The van der Waals surface area contributed by atoms with Crippen molar-refractivity contribution in [2.45, 2.75) is 6.42 Å². The summed E-state index contributed by atoms with van der Waals surface area (Å²) in [5, 5.41) is 0. The van der Waals surface area contributed by atoms with Crippen molar-refractivity contribution >= 4 is 34.2 Å². The van der Waals surface area contributed by atoms with E-state index in [0.29, 0.717) is 0 Å². The predicted octanol–water partition coefficient (Wildman–Crippen LogP) is 1.65. The number of hydrogen-bond donors (Lipinski definition) is 0. The molecule has 78 valence electrons. The standard InChI is InChI=1S/C10H9IN2O2/c1-15-10(14)5-7-6-13-8(11)3-2-4-9(13)12-7/h2-4,6H,5H2,1H3. The van der Waals surface area contributed by atoms with Gasteiger partial charge >= 0.3 is 5.97 Å². The summed E-state index contributed by atoms with van der Waals surface area (Å²) in [7, 11) is 1.38. The Labute approximate surface area is 100 Å². The summed E-state index contributed by atoms with van der Waals surface area (Å²) in [6.07, 6.45) is 2.07. The number of carbonyl (C=O) groups excluding carboxylic acids is 1. The molecule has 0 N–H and O–H groups in total. The number of nitrogens with zero attached hydrogens (tertiary/aromatic N) is 2. The van der Waals surface area contributed by atoms with E-state index in [1.54, 1.807) is 0 Å². The van der Waals surface area contributed by atoms with Gasteiger partial charge < -0.3 is 4.74 Å². The van der Waals surface area contributed by atoms with E-state index in [2.05, 4.69) is 32.3 Å². The molecule has 15 heavy (non-hydrogen) atoms. The number of carbonyl (C=O) groups is 1. The molecular weight excluding hydrogens is 307 g/mol. The van der Waals surface area contributed by atoms with Crippen LogP contribution in [0.3, 0.4) is 0 Å². The third-order valence-corrected chi connectivity index (χ3v) is 2.92. The van der Waals surface area contributed by atoms with Gasteiger partial charge in [-0.25, -0.2) is 4.98 Å². The second-order valence-corrected chi connectivity index (χ2v) is 4.17. The Hall–Kier alpha value is -1.11. The van der Waals surface area contributed by atoms with E-state index in [0.717, 1.165) is 15.0 Å². The molecular formula is C10H9IN2O2. The van der Waals surface area contributed by atoms with Crippen LogP contribution >= 0.6 is 22.6 Å². The average molecular weight is 316 g/mol. The van der Waals surface area contributed by atoms with Crippen LogP contribution in [-0.4, -0.2) is 22.5 Å². The number of imidazole rings is 1. The minimum Gasteiger partial charge on any atom is -0.469 e. The van der Waals surface area contributed by atoms with Gasteiger partial charge in [-0.3, -0.25) is 9.20 Å². The van der Waals surface area contributed by atoms with Gasteiger partial charge in [0.15, 0.2) is 0 Å². The molecule has 2 aromatic rings. The molecule has 0 fully saturated rings. The largest absolute Gasteiger partial charge is 0.469 e. The third-order valence-electron chi connectivity index (χ3n) is 2.05. The minimum absolute atomic E-state index is 0.217. The minimum atomic E-state index is -0.270. The molecule has 0 unspecified atom stereocenters. The molecule has 0 spiro atoms. The highest BCUT2D eigenvalue weighted by Gasteiger charge is 2.08. The summed E-state index contributed by atoms with van der Waals surface area (Å²) in [5.41, 5.74) is 1.58. The highest BCUT2D eigenvalue weighted by atomic mass is 127. The van der Waals surface area contributed by atoms with E-state index in [9.17, 15) is 4.79 Å². The maximum absolute atomic E-state index is 11.1. The van der Waals surface area contributed by atoms with E-state index < -0.39 is 0 Å². The molecule has 0 aliphatic heterocycles. The van der Waals surface area contributed by atoms with Gasteiger partial charge in [-0.05, 0) is 34.7 Å². The lowest BCUT2D eigenvalue weighted by Gasteiger charge is -1.94. The van der Waals surface area contributed by atoms with Crippen LogP contribution in [0.2, 0.25) is 0 Å². The second-order valence-electron chi connectivity index (χ2n) is 3.06. The lowest BCUT2D eigenvalue weighted by atomic mass is 10.3. The van der Waals surface area contributed by atoms with Crippen molar-refractivity contribution in [1.82, 2.24) is 9.38 Å². The first-order chi connectivity index (χ1) is 7.20. The van der Waals surface area contributed by atoms with Crippen molar-refractivity contribution in [3.05, 3.63) is 33.8 Å². The van der Waals surface area contributed by atoms with Gasteiger partial charge in [-0.2, -0.15) is 0 Å². The van der Waals surface area contributed by atoms with Crippen LogP contribution in [0.5, 0.6) is 0 Å². The van der Waals surface area contributed by atoms with E-state index in [1.165, 1.54) is 7.11 Å². The number of rotatable bonds is 2. The van der Waals surface area contributed by atoms with Gasteiger partial charge in [0.05, 0.1) is 22.9 Å². The molecule has 0 atom stereocenters. The normalized spacial score (nSPS) is 10.5. The van der Waals surface area contributed by atoms with Gasteiger partial charge in [-0.1, -0.05) is 6.07 Å². The molecule has 0 aliphatic rings. The fraction of sp³-hybridized carbons (Fsp3) is 0.200. The maximum atomic E-state index is 11.1. The highest BCUT2D eigenvalue weighted by molar-refractivity contribution is 14.1. The van der Waals surface area contributed by atoms with Crippen molar-refractivity contribution < 1.29 is 9.53 Å². The quantitative estimate of drug-likeness (QED) is 0.481. The van der Waals surface area contributed by atoms with Gasteiger partial charge in [0.2, 0.25) is 0 Å². The van der Waals surface area contributed by atoms with Crippen molar-refractivity contribution in [3.8, 4) is 0 Å². The lowest BCUT2D eigenvalue weighted by molar-refractivity contribution is -0.139. The first-order valence-electron chi connectivity index (χ1n) is 4.40. The fourth-order valence-corrected chi connectivity index (χ4v) is 1.93. The number of halogens is 1. The Morgan fingerprint density at radius 3 is 3.07 bits per heavy atom. The number of methoxy groups -OCH3 is 1. The van der Waals surface area contributed by atoms with Crippen LogP contribution in [0.4, 0.5) is 0 Å². The third kappa shape index (κ3) is 2.11. The van der Waals surface area contributed by atoms with Crippen LogP contribution in [0.25, 0.3) is 5.65 Å². The highest BCUT2D eigenvalue weighted by Crippen LogP contribution is 2.11. The molecule has 2 heterocycles. The fourth-order valence-electron chi connectivity index (χ4n) is 1.33. The lowest BCUT2D eigenvalue weighted by Crippen LogP contribution is -2.04. The van der Waals surface area contributed by atoms with Crippen molar-refractivity contribution in [1.29, 1.82) is 0 Å². The van der Waals surface area contributed by atoms with E-state index in [4.69, 9.17) is 0 Å². The van der Waals surface area contributed by atoms with Crippen LogP contribution < -0.4 is 0 Å². The number of esters is 1. The predicted molar refractivity (Wildman–Crippen MR) is 63.6 cm³/mol. The van der Waals surface area contributed by atoms with Gasteiger partial charge in [-0.15, -0.1) is 0 Å². The van der Waals surface area contributed by atoms with Crippen LogP contribution in [-0.2, 0) is 16.0 Å². The molecule has 5 heteroatoms. The van der Waals surface area contributed by atoms with Crippen LogP contribution in [0, 0.1) is 3.70 Å². The van der Waals surface area contributed by atoms with Gasteiger partial charge in [0, 0.05) is 6.20 Å². The van der Waals surface area contributed by atoms with Gasteiger partial charge in [0.1, 0.15) is 5.65 Å². The smallest absolute Gasteiger partial charge is 0.311 e. The van der Waals surface area contributed by atoms with Crippen LogP contribution in [0.15, 0.2) is 24.4 Å². The van der Waals surface area contributed by atoms with E-state index in [-0.39, 0.29) is 12.4 Å². The van der Waals surface area contributed by atoms with Gasteiger partial charge in [0.25, 0.3) is 0 Å². The zero-order chi connectivity index (χ0) is 10.8. The molecule has 0 radical (unpaired) electrons. The summed E-state index contributed by atoms with van der Waals surface area (Å²) >= 11 is 2.22. The molecule has 0 saturated carbocycles. The molecule has 0 saturated heterocycles. The number of aromatic nitrogens is 2. The summed E-state index contributed by atoms with van der Waals surface area (Å²) in [4.78, 5) is 15.4. The number of ether oxygens (including phenoxy) is 1. The number of hydrogen-bond acceptors (Lipinski definition) is 3. The second kappa shape index (κ2) is 4.18. The molecule has 0 bridgehead atoms. The zero-order valence-corrected chi connectivity index (χ0v) is 10.3. The summed E-state index contributed by atoms with van der Waals surface area (Å²) in [6, 6.07) is 5.83. The van der Waals surface area contributed by atoms with Crippen molar-refractivity contribution in [2.75, 3.05) is 7.11 Å². The molecule has 0 aromatic carbocycles. The van der Waals surface area contributed by atoms with Crippen molar-refractivity contribution in [2.24, 2.45) is 0 Å². The molecule has 2 rings (SSSR count). The first-order valence-corrected chi connectivity index (χ1v) is 5.48. The molecule has 4 nitrogen and oxygen atoms in total. The molecule has 0 aliphatic carbocycles. The van der Waals surface area contributed by atoms with Crippen molar-refractivity contribution in [3.63, 3.8) is 0 Å². The summed E-state index contributed by atoms with van der Waals surface area (Å²) in [5.74, 6) is -0.270. The Morgan fingerprint density at radius 1 is 1.60 bits per heavy atom. The monoisotopic (exact) mass is 316 g/mol. The Morgan fingerprint density at radius 2 is 2.40 bits per heavy atom. The summed E-state index contributed by atoms with van der Waals surface area (Å²) in [6.45, 7) is 0. The summed E-state index contributed by atoms with van der Waals surface area (Å²) < 4.78 is 7.60. The Balaban J connectivity index is 2.39. The maximum Gasteiger partial charge on any atom is 0.311 e. The van der Waals surface area contributed by atoms with Crippen LogP contribution in [0.1, 0.15) is 5.69 Å². The van der Waals surface area contributed by atoms with E-state index >= 15 is 0 Å². The molecule has 2 aromatic heterocycles. The SMILES string of the molecule is COC(=O)Cc1cn2c(I)cccc2n1. The Bertz CT molecular complexity index is 507. The average Bonchev–Trinajstić information content (AvgIpc) is 2.62. The zero-order valence-electron chi connectivity index (χ0n) is 8.11.